The molecule has 6 heteroatoms. The highest BCUT2D eigenvalue weighted by Gasteiger charge is 2.52. The van der Waals surface area contributed by atoms with Crippen molar-refractivity contribution in [3.63, 3.8) is 0 Å². The monoisotopic (exact) mass is 245 g/mol. The first-order valence-corrected chi connectivity index (χ1v) is 4.80. The smallest absolute Gasteiger partial charge is 0.421 e. The Morgan fingerprint density at radius 2 is 1.94 bits per heavy atom. The fourth-order valence-corrected chi connectivity index (χ4v) is 1.60. The average Bonchev–Trinajstić information content (AvgIpc) is 2.61. The van der Waals surface area contributed by atoms with Gasteiger partial charge in [0.2, 0.25) is 0 Å². The van der Waals surface area contributed by atoms with Crippen LogP contribution in [0.5, 0.6) is 0 Å². The lowest BCUT2D eigenvalue weighted by molar-refractivity contribution is -0.258. The zero-order valence-electron chi connectivity index (χ0n) is 8.88. The van der Waals surface area contributed by atoms with E-state index in [4.69, 9.17) is 10.2 Å². The van der Waals surface area contributed by atoms with E-state index in [0.29, 0.717) is 12.3 Å². The molecular formula is C11H10F3NO2. The summed E-state index contributed by atoms with van der Waals surface area (Å²) in [6, 6.07) is 4.03. The van der Waals surface area contributed by atoms with Gasteiger partial charge in [0, 0.05) is 16.6 Å². The maximum atomic E-state index is 12.7. The predicted molar refractivity (Wildman–Crippen MR) is 56.3 cm³/mol. The Morgan fingerprint density at radius 3 is 2.53 bits per heavy atom. The number of benzene rings is 1. The molecule has 1 atom stereocenters. The summed E-state index contributed by atoms with van der Waals surface area (Å²) in [6.45, 7) is 0.660. The second kappa shape index (κ2) is 3.40. The quantitative estimate of drug-likeness (QED) is 0.759. The van der Waals surface area contributed by atoms with Gasteiger partial charge in [-0.05, 0) is 25.1 Å². The van der Waals surface area contributed by atoms with Crippen molar-refractivity contribution in [3.05, 3.63) is 30.0 Å². The summed E-state index contributed by atoms with van der Waals surface area (Å²) in [6.07, 6.45) is -3.46. The minimum Gasteiger partial charge on any atom is -0.464 e. The molecule has 3 nitrogen and oxygen atoms in total. The summed E-state index contributed by atoms with van der Waals surface area (Å²) in [4.78, 5) is 0. The molecule has 0 amide bonds. The number of halogens is 3. The average molecular weight is 245 g/mol. The Morgan fingerprint density at radius 1 is 1.29 bits per heavy atom. The van der Waals surface area contributed by atoms with Crippen LogP contribution >= 0.6 is 0 Å². The molecule has 0 fully saturated rings. The fraction of sp³-hybridized carbons (Fsp3) is 0.273. The summed E-state index contributed by atoms with van der Waals surface area (Å²) in [7, 11) is 0. The van der Waals surface area contributed by atoms with E-state index < -0.39 is 17.3 Å². The number of fused-ring (bicyclic) bond motifs is 1. The van der Waals surface area contributed by atoms with Crippen molar-refractivity contribution in [1.82, 2.24) is 0 Å². The number of nitrogens with two attached hydrogens (primary N) is 1. The van der Waals surface area contributed by atoms with Gasteiger partial charge in [-0.1, -0.05) is 0 Å². The highest BCUT2D eigenvalue weighted by molar-refractivity contribution is 5.82. The Bertz CT molecular complexity index is 557. The molecule has 1 aromatic heterocycles. The lowest BCUT2D eigenvalue weighted by atomic mass is 9.93. The van der Waals surface area contributed by atoms with Crippen LogP contribution in [0.25, 0.3) is 11.0 Å². The van der Waals surface area contributed by atoms with Gasteiger partial charge in [0.15, 0.2) is 5.60 Å². The number of aliphatic hydroxyl groups is 1. The van der Waals surface area contributed by atoms with Gasteiger partial charge in [-0.25, -0.2) is 0 Å². The van der Waals surface area contributed by atoms with Crippen molar-refractivity contribution < 1.29 is 22.7 Å². The second-order valence-corrected chi connectivity index (χ2v) is 3.97. The third-order valence-corrected chi connectivity index (χ3v) is 2.70. The molecule has 0 aliphatic carbocycles. The number of furan rings is 1. The minimum atomic E-state index is -4.80. The van der Waals surface area contributed by atoms with Crippen LogP contribution in [0.4, 0.5) is 18.9 Å². The van der Waals surface area contributed by atoms with E-state index in [0.717, 1.165) is 6.07 Å². The van der Waals surface area contributed by atoms with E-state index in [1.165, 1.54) is 12.3 Å². The van der Waals surface area contributed by atoms with Gasteiger partial charge < -0.3 is 15.3 Å². The molecule has 1 aromatic carbocycles. The highest BCUT2D eigenvalue weighted by atomic mass is 19.4. The molecule has 2 aromatic rings. The van der Waals surface area contributed by atoms with Gasteiger partial charge in [0.1, 0.15) is 5.58 Å². The zero-order chi connectivity index (χ0) is 12.8. The molecule has 0 aliphatic heterocycles. The van der Waals surface area contributed by atoms with Crippen LogP contribution in [0.1, 0.15) is 12.5 Å². The van der Waals surface area contributed by atoms with Gasteiger partial charge in [0.25, 0.3) is 0 Å². The summed E-state index contributed by atoms with van der Waals surface area (Å²) in [5, 5.41) is 10.1. The first kappa shape index (κ1) is 11.8. The molecule has 1 unspecified atom stereocenters. The van der Waals surface area contributed by atoms with Crippen LogP contribution in [-0.4, -0.2) is 11.3 Å². The Labute approximate surface area is 94.6 Å². The van der Waals surface area contributed by atoms with Crippen molar-refractivity contribution >= 4 is 16.7 Å². The molecule has 0 radical (unpaired) electrons. The molecule has 0 saturated heterocycles. The van der Waals surface area contributed by atoms with E-state index >= 15 is 0 Å². The summed E-state index contributed by atoms with van der Waals surface area (Å²) in [5.41, 5.74) is 2.24. The fourth-order valence-electron chi connectivity index (χ4n) is 1.60. The molecule has 3 N–H and O–H groups in total. The van der Waals surface area contributed by atoms with Crippen molar-refractivity contribution in [3.8, 4) is 0 Å². The minimum absolute atomic E-state index is 0.124. The lowest BCUT2D eigenvalue weighted by Crippen LogP contribution is -2.39. The third-order valence-electron chi connectivity index (χ3n) is 2.70. The molecule has 0 bridgehead atoms. The third kappa shape index (κ3) is 1.74. The van der Waals surface area contributed by atoms with Crippen LogP contribution in [-0.2, 0) is 5.60 Å². The number of nitrogen functional groups attached to an aromatic ring is 1. The summed E-state index contributed by atoms with van der Waals surface area (Å²) in [5.74, 6) is 0. The summed E-state index contributed by atoms with van der Waals surface area (Å²) < 4.78 is 43.1. The first-order valence-electron chi connectivity index (χ1n) is 4.80. The molecular weight excluding hydrogens is 235 g/mol. The lowest BCUT2D eigenvalue weighted by Gasteiger charge is -2.27. The molecule has 1 heterocycles. The molecule has 17 heavy (non-hydrogen) atoms. The van der Waals surface area contributed by atoms with E-state index in [1.54, 1.807) is 6.07 Å². The van der Waals surface area contributed by atoms with Gasteiger partial charge in [-0.3, -0.25) is 0 Å². The zero-order valence-corrected chi connectivity index (χ0v) is 8.88. The number of rotatable bonds is 1. The topological polar surface area (TPSA) is 59.4 Å². The SMILES string of the molecule is CC(O)(c1cc2occc2cc1N)C(F)(F)F. The Kier molecular flexibility index (Phi) is 2.36. The van der Waals surface area contributed by atoms with E-state index in [2.05, 4.69) is 0 Å². The van der Waals surface area contributed by atoms with Gasteiger partial charge >= 0.3 is 6.18 Å². The number of alkyl halides is 3. The number of hydrogen-bond donors (Lipinski definition) is 2. The van der Waals surface area contributed by atoms with Crippen LogP contribution in [0.2, 0.25) is 0 Å². The first-order chi connectivity index (χ1) is 7.73. The number of hydrogen-bond acceptors (Lipinski definition) is 3. The molecule has 92 valence electrons. The van der Waals surface area contributed by atoms with E-state index in [1.807, 2.05) is 0 Å². The van der Waals surface area contributed by atoms with E-state index in [-0.39, 0.29) is 11.3 Å². The number of anilines is 1. The maximum Gasteiger partial charge on any atom is 0.421 e. The van der Waals surface area contributed by atoms with Crippen LogP contribution in [0.3, 0.4) is 0 Å². The van der Waals surface area contributed by atoms with E-state index in [9.17, 15) is 18.3 Å². The Hall–Kier alpha value is -1.69. The molecule has 2 rings (SSSR count). The van der Waals surface area contributed by atoms with Crippen LogP contribution in [0, 0.1) is 0 Å². The van der Waals surface area contributed by atoms with Crippen molar-refractivity contribution in [2.45, 2.75) is 18.7 Å². The van der Waals surface area contributed by atoms with Crippen molar-refractivity contribution in [2.75, 3.05) is 5.73 Å². The second-order valence-electron chi connectivity index (χ2n) is 3.97. The van der Waals surface area contributed by atoms with Crippen LogP contribution in [0.15, 0.2) is 28.9 Å². The van der Waals surface area contributed by atoms with Gasteiger partial charge in [-0.2, -0.15) is 13.2 Å². The van der Waals surface area contributed by atoms with Gasteiger partial charge in [-0.15, -0.1) is 0 Å². The maximum absolute atomic E-state index is 12.7. The van der Waals surface area contributed by atoms with Gasteiger partial charge in [0.05, 0.1) is 6.26 Å². The molecule has 0 aliphatic rings. The standard InChI is InChI=1S/C11H10F3NO2/c1-10(16,11(12,13)14)7-5-9-6(2-3-17-9)4-8(7)15/h2-5,16H,15H2,1H3. The Balaban J connectivity index is 2.66. The molecule has 0 spiro atoms. The van der Waals surface area contributed by atoms with Crippen LogP contribution < -0.4 is 5.73 Å². The summed E-state index contributed by atoms with van der Waals surface area (Å²) >= 11 is 0. The van der Waals surface area contributed by atoms with Crippen molar-refractivity contribution in [2.24, 2.45) is 0 Å². The highest BCUT2D eigenvalue weighted by Crippen LogP contribution is 2.42. The largest absolute Gasteiger partial charge is 0.464 e. The predicted octanol–water partition coefficient (Wildman–Crippen LogP) is 2.78. The normalized spacial score (nSPS) is 16.1. The molecule has 0 saturated carbocycles. The van der Waals surface area contributed by atoms with Crippen molar-refractivity contribution in [1.29, 1.82) is 0 Å².